The van der Waals surface area contributed by atoms with E-state index < -0.39 is 30.3 Å². The topological polar surface area (TPSA) is 72.5 Å². The summed E-state index contributed by atoms with van der Waals surface area (Å²) in [7, 11) is 0. The van der Waals surface area contributed by atoms with E-state index in [1.807, 2.05) is 30.3 Å². The van der Waals surface area contributed by atoms with Gasteiger partial charge in [0, 0.05) is 0 Å². The molecule has 27 heavy (non-hydrogen) atoms. The average Bonchev–Trinajstić information content (AvgIpc) is 2.63. The third-order valence-corrected chi connectivity index (χ3v) is 4.28. The van der Waals surface area contributed by atoms with E-state index in [1.54, 1.807) is 0 Å². The molecule has 0 unspecified atom stereocenters. The molecular weight excluding hydrogens is 396 g/mol. The Morgan fingerprint density at radius 2 is 1.78 bits per heavy atom. The molecule has 142 valence electrons. The molecule has 0 fully saturated rings. The fourth-order valence-electron chi connectivity index (χ4n) is 2.27. The van der Waals surface area contributed by atoms with Crippen molar-refractivity contribution < 1.29 is 23.5 Å². The zero-order valence-corrected chi connectivity index (χ0v) is 15.8. The van der Waals surface area contributed by atoms with Crippen LogP contribution in [0.25, 0.3) is 0 Å². The highest BCUT2D eigenvalue weighted by molar-refractivity contribution is 6.36. The van der Waals surface area contributed by atoms with Gasteiger partial charge in [0.1, 0.15) is 5.82 Å². The Morgan fingerprint density at radius 3 is 2.41 bits per heavy atom. The predicted octanol–water partition coefficient (Wildman–Crippen LogP) is 3.61. The van der Waals surface area contributed by atoms with Crippen LogP contribution in [0.5, 0.6) is 0 Å². The number of amides is 1. The number of hydrogen-bond acceptors (Lipinski definition) is 4. The number of carbonyl (C=O) groups is 3. The number of Topliss-reactive ketones (excluding diaryl/α,β-unsaturated/α-hetero) is 1. The van der Waals surface area contributed by atoms with Crippen molar-refractivity contribution in [2.45, 2.75) is 19.4 Å². The molecule has 0 aliphatic carbocycles. The highest BCUT2D eigenvalue weighted by Crippen LogP contribution is 2.24. The first-order chi connectivity index (χ1) is 12.8. The molecule has 0 aliphatic rings. The molecule has 0 saturated heterocycles. The Hall–Kier alpha value is -2.44. The Kier molecular flexibility index (Phi) is 7.33. The Bertz CT molecular complexity index is 858. The van der Waals surface area contributed by atoms with E-state index >= 15 is 0 Å². The molecule has 2 aromatic carbocycles. The van der Waals surface area contributed by atoms with Gasteiger partial charge in [0.2, 0.25) is 0 Å². The van der Waals surface area contributed by atoms with Crippen LogP contribution in [0, 0.1) is 5.82 Å². The van der Waals surface area contributed by atoms with Crippen LogP contribution >= 0.6 is 23.2 Å². The van der Waals surface area contributed by atoms with Gasteiger partial charge in [-0.3, -0.25) is 9.59 Å². The molecule has 0 radical (unpaired) electrons. The maximum absolute atomic E-state index is 13.5. The van der Waals surface area contributed by atoms with Crippen molar-refractivity contribution in [1.82, 2.24) is 5.32 Å². The summed E-state index contributed by atoms with van der Waals surface area (Å²) in [6.45, 7) is 0.716. The minimum Gasteiger partial charge on any atom is -0.452 e. The predicted molar refractivity (Wildman–Crippen MR) is 99.5 cm³/mol. The van der Waals surface area contributed by atoms with Crippen molar-refractivity contribution in [1.29, 1.82) is 0 Å². The van der Waals surface area contributed by atoms with E-state index in [9.17, 15) is 18.8 Å². The average molecular weight is 412 g/mol. The van der Waals surface area contributed by atoms with E-state index in [0.717, 1.165) is 17.7 Å². The molecule has 2 rings (SSSR count). The van der Waals surface area contributed by atoms with Crippen molar-refractivity contribution in [3.63, 3.8) is 0 Å². The molecule has 1 N–H and O–H groups in total. The molecule has 2 aromatic rings. The van der Waals surface area contributed by atoms with Gasteiger partial charge < -0.3 is 10.1 Å². The number of rotatable bonds is 7. The minimum absolute atomic E-state index is 0.0995. The lowest BCUT2D eigenvalue weighted by Crippen LogP contribution is -2.43. The first-order valence-corrected chi connectivity index (χ1v) is 8.69. The monoisotopic (exact) mass is 411 g/mol. The number of ether oxygens (including phenoxy) is 1. The first-order valence-electron chi connectivity index (χ1n) is 7.93. The maximum atomic E-state index is 13.5. The summed E-state index contributed by atoms with van der Waals surface area (Å²) in [4.78, 5) is 35.8. The largest absolute Gasteiger partial charge is 0.452 e. The van der Waals surface area contributed by atoms with E-state index in [0.29, 0.717) is 6.42 Å². The molecule has 0 heterocycles. The van der Waals surface area contributed by atoms with Crippen molar-refractivity contribution in [3.05, 3.63) is 69.5 Å². The maximum Gasteiger partial charge on any atom is 0.340 e. The Labute approximate surface area is 165 Å². The Morgan fingerprint density at radius 1 is 1.11 bits per heavy atom. The van der Waals surface area contributed by atoms with Gasteiger partial charge in [0.05, 0.1) is 21.7 Å². The molecular formula is C19H16Cl2FNO4. The summed E-state index contributed by atoms with van der Waals surface area (Å²) in [6, 6.07) is 10.3. The second kappa shape index (κ2) is 9.48. The lowest BCUT2D eigenvalue weighted by Gasteiger charge is -2.16. The SMILES string of the molecule is CC(=O)[C@H](Cc1ccccc1)NC(=O)COC(=O)c1cc(F)c(Cl)cc1Cl. The van der Waals surface area contributed by atoms with Gasteiger partial charge >= 0.3 is 5.97 Å². The second-order valence-electron chi connectivity index (χ2n) is 5.74. The summed E-state index contributed by atoms with van der Waals surface area (Å²) >= 11 is 11.4. The molecule has 0 bridgehead atoms. The third kappa shape index (κ3) is 6.05. The molecule has 8 heteroatoms. The third-order valence-electron chi connectivity index (χ3n) is 3.67. The van der Waals surface area contributed by atoms with E-state index in [-0.39, 0.29) is 21.4 Å². The van der Waals surface area contributed by atoms with E-state index in [2.05, 4.69) is 5.32 Å². The van der Waals surface area contributed by atoms with Crippen LogP contribution in [0.15, 0.2) is 42.5 Å². The first kappa shape index (κ1) is 20.9. The highest BCUT2D eigenvalue weighted by atomic mass is 35.5. The van der Waals surface area contributed by atoms with Gasteiger partial charge in [0.25, 0.3) is 5.91 Å². The summed E-state index contributed by atoms with van der Waals surface area (Å²) < 4.78 is 18.3. The second-order valence-corrected chi connectivity index (χ2v) is 6.56. The number of carbonyl (C=O) groups excluding carboxylic acids is 3. The molecule has 1 atom stereocenters. The van der Waals surface area contributed by atoms with Crippen molar-refractivity contribution in [3.8, 4) is 0 Å². The van der Waals surface area contributed by atoms with Crippen molar-refractivity contribution >= 4 is 40.9 Å². The summed E-state index contributed by atoms with van der Waals surface area (Å²) in [5, 5.41) is 2.18. The van der Waals surface area contributed by atoms with Crippen LogP contribution in [0.2, 0.25) is 10.0 Å². The molecule has 0 spiro atoms. The number of nitrogens with one attached hydrogen (secondary N) is 1. The summed E-state index contributed by atoms with van der Waals surface area (Å²) in [6.07, 6.45) is 0.310. The van der Waals surface area contributed by atoms with E-state index in [4.69, 9.17) is 27.9 Å². The highest BCUT2D eigenvalue weighted by Gasteiger charge is 2.20. The van der Waals surface area contributed by atoms with Crippen LogP contribution in [0.1, 0.15) is 22.8 Å². The van der Waals surface area contributed by atoms with Gasteiger partial charge in [-0.1, -0.05) is 53.5 Å². The Balaban J connectivity index is 1.95. The van der Waals surface area contributed by atoms with Crippen LogP contribution in [-0.2, 0) is 20.7 Å². The molecule has 5 nitrogen and oxygen atoms in total. The fourth-order valence-corrected chi connectivity index (χ4v) is 2.73. The normalized spacial score (nSPS) is 11.6. The summed E-state index contributed by atoms with van der Waals surface area (Å²) in [5.74, 6) is -2.71. The standard InChI is InChI=1S/C19H16Cl2FNO4/c1-11(24)17(7-12-5-3-2-4-6-12)23-18(25)10-27-19(26)13-8-16(22)15(21)9-14(13)20/h2-6,8-9,17H,7,10H2,1H3,(H,23,25)/t17-/m0/s1. The van der Waals surface area contributed by atoms with Crippen LogP contribution < -0.4 is 5.32 Å². The fraction of sp³-hybridized carbons (Fsp3) is 0.211. The zero-order chi connectivity index (χ0) is 20.0. The number of hydrogen-bond donors (Lipinski definition) is 1. The minimum atomic E-state index is -0.979. The molecule has 1 amide bonds. The van der Waals surface area contributed by atoms with Crippen LogP contribution in [0.4, 0.5) is 4.39 Å². The molecule has 0 aliphatic heterocycles. The lowest BCUT2D eigenvalue weighted by molar-refractivity contribution is -0.128. The van der Waals surface area contributed by atoms with Gasteiger partial charge in [-0.05, 0) is 31.0 Å². The van der Waals surface area contributed by atoms with Crippen molar-refractivity contribution in [2.24, 2.45) is 0 Å². The van der Waals surface area contributed by atoms with Crippen molar-refractivity contribution in [2.75, 3.05) is 6.61 Å². The summed E-state index contributed by atoms with van der Waals surface area (Å²) in [5.41, 5.74) is 0.622. The quantitative estimate of drug-likeness (QED) is 0.557. The number of benzene rings is 2. The molecule has 0 aromatic heterocycles. The zero-order valence-electron chi connectivity index (χ0n) is 14.3. The van der Waals surface area contributed by atoms with E-state index in [1.165, 1.54) is 6.92 Å². The number of esters is 1. The van der Waals surface area contributed by atoms with Gasteiger partial charge in [-0.2, -0.15) is 0 Å². The molecule has 0 saturated carbocycles. The van der Waals surface area contributed by atoms with Crippen LogP contribution in [-0.4, -0.2) is 30.3 Å². The van der Waals surface area contributed by atoms with Gasteiger partial charge in [0.15, 0.2) is 12.4 Å². The van der Waals surface area contributed by atoms with Gasteiger partial charge in [-0.25, -0.2) is 9.18 Å². The number of halogens is 3. The number of ketones is 1. The lowest BCUT2D eigenvalue weighted by atomic mass is 10.0. The smallest absolute Gasteiger partial charge is 0.340 e. The van der Waals surface area contributed by atoms with Crippen LogP contribution in [0.3, 0.4) is 0 Å². The van der Waals surface area contributed by atoms with Gasteiger partial charge in [-0.15, -0.1) is 0 Å².